The van der Waals surface area contributed by atoms with Crippen LogP contribution < -0.4 is 0 Å². The zero-order valence-corrected chi connectivity index (χ0v) is 9.21. The molecule has 0 aromatic heterocycles. The standard InChI is InChI=1S/C12H20O2/c1-4-7-8-9-10-11(5-2)12(13)14-6-3/h4-5H,1,6-10H2,2-3H3/b11-5-. The van der Waals surface area contributed by atoms with Gasteiger partial charge in [0, 0.05) is 5.57 Å². The molecule has 2 nitrogen and oxygen atoms in total. The van der Waals surface area contributed by atoms with Gasteiger partial charge in [-0.05, 0) is 39.5 Å². The second kappa shape index (κ2) is 8.54. The van der Waals surface area contributed by atoms with Crippen molar-refractivity contribution in [3.05, 3.63) is 24.3 Å². The van der Waals surface area contributed by atoms with E-state index in [-0.39, 0.29) is 5.97 Å². The topological polar surface area (TPSA) is 26.3 Å². The Hall–Kier alpha value is -1.05. The first-order chi connectivity index (χ1) is 6.76. The van der Waals surface area contributed by atoms with E-state index in [1.807, 2.05) is 26.0 Å². The van der Waals surface area contributed by atoms with Crippen LogP contribution in [0.1, 0.15) is 39.5 Å². The molecule has 0 spiro atoms. The Morgan fingerprint density at radius 2 is 2.14 bits per heavy atom. The molecular weight excluding hydrogens is 176 g/mol. The van der Waals surface area contributed by atoms with E-state index in [4.69, 9.17) is 4.74 Å². The summed E-state index contributed by atoms with van der Waals surface area (Å²) < 4.78 is 4.92. The third-order valence-corrected chi connectivity index (χ3v) is 1.99. The summed E-state index contributed by atoms with van der Waals surface area (Å²) in [5.74, 6) is -0.173. The summed E-state index contributed by atoms with van der Waals surface area (Å²) in [6.07, 6.45) is 7.67. The van der Waals surface area contributed by atoms with Gasteiger partial charge in [-0.3, -0.25) is 0 Å². The number of hydrogen-bond donors (Lipinski definition) is 0. The van der Waals surface area contributed by atoms with Crippen molar-refractivity contribution in [2.24, 2.45) is 0 Å². The molecule has 0 aliphatic rings. The molecule has 80 valence electrons. The Balaban J connectivity index is 3.80. The molecule has 0 rings (SSSR count). The first kappa shape index (κ1) is 12.9. The highest BCUT2D eigenvalue weighted by Crippen LogP contribution is 2.10. The fourth-order valence-corrected chi connectivity index (χ4v) is 1.19. The fraction of sp³-hybridized carbons (Fsp3) is 0.583. The van der Waals surface area contributed by atoms with Crippen LogP contribution in [0, 0.1) is 0 Å². The van der Waals surface area contributed by atoms with Gasteiger partial charge in [-0.1, -0.05) is 12.2 Å². The Labute approximate surface area is 86.6 Å². The summed E-state index contributed by atoms with van der Waals surface area (Å²) in [4.78, 5) is 11.3. The van der Waals surface area contributed by atoms with Crippen LogP contribution in [0.25, 0.3) is 0 Å². The van der Waals surface area contributed by atoms with E-state index in [9.17, 15) is 4.79 Å². The highest BCUT2D eigenvalue weighted by atomic mass is 16.5. The lowest BCUT2D eigenvalue weighted by molar-refractivity contribution is -0.138. The quantitative estimate of drug-likeness (QED) is 0.270. The molecule has 14 heavy (non-hydrogen) atoms. The molecular formula is C12H20O2. The van der Waals surface area contributed by atoms with Gasteiger partial charge in [-0.15, -0.1) is 6.58 Å². The molecule has 0 atom stereocenters. The maximum Gasteiger partial charge on any atom is 0.333 e. The van der Waals surface area contributed by atoms with Crippen molar-refractivity contribution in [1.29, 1.82) is 0 Å². The maximum absolute atomic E-state index is 11.3. The first-order valence-corrected chi connectivity index (χ1v) is 5.19. The normalized spacial score (nSPS) is 11.1. The molecule has 0 aromatic carbocycles. The molecule has 0 aliphatic carbocycles. The van der Waals surface area contributed by atoms with Crippen LogP contribution in [0.15, 0.2) is 24.3 Å². The average molecular weight is 196 g/mol. The summed E-state index contributed by atoms with van der Waals surface area (Å²) in [6.45, 7) is 7.80. The fourth-order valence-electron chi connectivity index (χ4n) is 1.19. The lowest BCUT2D eigenvalue weighted by Crippen LogP contribution is -2.07. The van der Waals surface area contributed by atoms with Gasteiger partial charge in [0.25, 0.3) is 0 Å². The van der Waals surface area contributed by atoms with E-state index in [0.29, 0.717) is 6.61 Å². The van der Waals surface area contributed by atoms with Gasteiger partial charge >= 0.3 is 5.97 Å². The Bertz CT molecular complexity index is 204. The predicted octanol–water partition coefficient (Wildman–Crippen LogP) is 3.24. The van der Waals surface area contributed by atoms with Gasteiger partial charge in [-0.25, -0.2) is 4.79 Å². The molecule has 0 heterocycles. The second-order valence-corrected chi connectivity index (χ2v) is 3.07. The van der Waals surface area contributed by atoms with Crippen LogP contribution >= 0.6 is 0 Å². The Kier molecular flexibility index (Phi) is 7.90. The monoisotopic (exact) mass is 196 g/mol. The third-order valence-electron chi connectivity index (χ3n) is 1.99. The molecule has 0 amide bonds. The van der Waals surface area contributed by atoms with E-state index in [1.165, 1.54) is 0 Å². The number of hydrogen-bond acceptors (Lipinski definition) is 2. The summed E-state index contributed by atoms with van der Waals surface area (Å²) in [7, 11) is 0. The second-order valence-electron chi connectivity index (χ2n) is 3.07. The molecule has 0 bridgehead atoms. The molecule has 2 heteroatoms. The van der Waals surface area contributed by atoms with Crippen molar-refractivity contribution >= 4 is 5.97 Å². The van der Waals surface area contributed by atoms with Crippen molar-refractivity contribution in [3.63, 3.8) is 0 Å². The van der Waals surface area contributed by atoms with Gasteiger partial charge < -0.3 is 4.74 Å². The number of rotatable bonds is 7. The smallest absolute Gasteiger partial charge is 0.333 e. The van der Waals surface area contributed by atoms with E-state index >= 15 is 0 Å². The summed E-state index contributed by atoms with van der Waals surface area (Å²) in [5.41, 5.74) is 0.788. The number of carbonyl (C=O) groups is 1. The molecule has 0 saturated carbocycles. The van der Waals surface area contributed by atoms with Gasteiger partial charge in [0.15, 0.2) is 0 Å². The molecule has 0 radical (unpaired) electrons. The molecule has 0 aliphatic heterocycles. The van der Waals surface area contributed by atoms with Gasteiger partial charge in [0.1, 0.15) is 0 Å². The minimum absolute atomic E-state index is 0.173. The van der Waals surface area contributed by atoms with Gasteiger partial charge in [0.05, 0.1) is 6.61 Å². The first-order valence-electron chi connectivity index (χ1n) is 5.19. The molecule has 0 fully saturated rings. The van der Waals surface area contributed by atoms with Crippen molar-refractivity contribution in [2.75, 3.05) is 6.61 Å². The minimum Gasteiger partial charge on any atom is -0.463 e. The van der Waals surface area contributed by atoms with Crippen molar-refractivity contribution in [3.8, 4) is 0 Å². The van der Waals surface area contributed by atoms with Crippen molar-refractivity contribution < 1.29 is 9.53 Å². The van der Waals surface area contributed by atoms with Crippen LogP contribution in [0.4, 0.5) is 0 Å². The number of unbranched alkanes of at least 4 members (excludes halogenated alkanes) is 2. The zero-order valence-electron chi connectivity index (χ0n) is 9.21. The summed E-state index contributed by atoms with van der Waals surface area (Å²) in [5, 5.41) is 0. The predicted molar refractivity (Wildman–Crippen MR) is 59.1 cm³/mol. The molecule has 0 saturated heterocycles. The van der Waals surface area contributed by atoms with Crippen molar-refractivity contribution in [2.45, 2.75) is 39.5 Å². The van der Waals surface area contributed by atoms with Gasteiger partial charge in [-0.2, -0.15) is 0 Å². The molecule has 0 N–H and O–H groups in total. The van der Waals surface area contributed by atoms with Gasteiger partial charge in [0.2, 0.25) is 0 Å². The Morgan fingerprint density at radius 3 is 2.64 bits per heavy atom. The molecule has 0 aromatic rings. The van der Waals surface area contributed by atoms with Crippen LogP contribution in [0.2, 0.25) is 0 Å². The summed E-state index contributed by atoms with van der Waals surface area (Å²) >= 11 is 0. The Morgan fingerprint density at radius 1 is 1.43 bits per heavy atom. The van der Waals surface area contributed by atoms with E-state index in [1.54, 1.807) is 0 Å². The van der Waals surface area contributed by atoms with Crippen LogP contribution in [0.5, 0.6) is 0 Å². The lowest BCUT2D eigenvalue weighted by Gasteiger charge is -2.05. The zero-order chi connectivity index (χ0) is 10.8. The largest absolute Gasteiger partial charge is 0.463 e. The number of allylic oxidation sites excluding steroid dienone is 2. The number of ether oxygens (including phenoxy) is 1. The van der Waals surface area contributed by atoms with Crippen LogP contribution in [-0.4, -0.2) is 12.6 Å². The van der Waals surface area contributed by atoms with Crippen LogP contribution in [0.3, 0.4) is 0 Å². The SMILES string of the molecule is C=CCCCC/C(=C/C)C(=O)OCC. The third kappa shape index (κ3) is 5.57. The van der Waals surface area contributed by atoms with E-state index in [0.717, 1.165) is 31.3 Å². The van der Waals surface area contributed by atoms with E-state index in [2.05, 4.69) is 6.58 Å². The van der Waals surface area contributed by atoms with Crippen molar-refractivity contribution in [1.82, 2.24) is 0 Å². The summed E-state index contributed by atoms with van der Waals surface area (Å²) in [6, 6.07) is 0. The lowest BCUT2D eigenvalue weighted by atomic mass is 10.1. The number of carbonyl (C=O) groups excluding carboxylic acids is 1. The average Bonchev–Trinajstić information content (AvgIpc) is 2.18. The van der Waals surface area contributed by atoms with E-state index < -0.39 is 0 Å². The number of esters is 1. The van der Waals surface area contributed by atoms with Crippen LogP contribution in [-0.2, 0) is 9.53 Å². The highest BCUT2D eigenvalue weighted by molar-refractivity contribution is 5.88. The maximum atomic E-state index is 11.3. The molecule has 0 unspecified atom stereocenters. The highest BCUT2D eigenvalue weighted by Gasteiger charge is 2.07. The minimum atomic E-state index is -0.173.